The molecule has 0 radical (unpaired) electrons. The van der Waals surface area contributed by atoms with Crippen molar-refractivity contribution in [2.75, 3.05) is 12.3 Å². The molecule has 0 fully saturated rings. The number of rotatable bonds is 4. The maximum Gasteiger partial charge on any atom is 0.357 e. The third-order valence-electron chi connectivity index (χ3n) is 3.01. The van der Waals surface area contributed by atoms with Gasteiger partial charge in [-0.2, -0.15) is 0 Å². The number of aromatic nitrogens is 1. The van der Waals surface area contributed by atoms with Gasteiger partial charge in [-0.25, -0.2) is 4.79 Å². The van der Waals surface area contributed by atoms with Crippen molar-refractivity contribution in [3.05, 3.63) is 42.2 Å². The first-order chi connectivity index (χ1) is 9.19. The summed E-state index contributed by atoms with van der Waals surface area (Å²) < 4.78 is 6.89. The second kappa shape index (κ2) is 5.61. The van der Waals surface area contributed by atoms with Crippen molar-refractivity contribution in [1.29, 1.82) is 0 Å². The van der Waals surface area contributed by atoms with Crippen molar-refractivity contribution in [1.82, 2.24) is 4.57 Å². The summed E-state index contributed by atoms with van der Waals surface area (Å²) in [4.78, 5) is 12.0. The van der Waals surface area contributed by atoms with Gasteiger partial charge in [-0.15, -0.1) is 0 Å². The second-order valence-electron chi connectivity index (χ2n) is 4.18. The molecule has 0 amide bonds. The van der Waals surface area contributed by atoms with Gasteiger partial charge in [0.25, 0.3) is 0 Å². The van der Waals surface area contributed by atoms with Crippen LogP contribution in [0.15, 0.2) is 36.5 Å². The smallest absolute Gasteiger partial charge is 0.357 e. The number of carbonyl (C=O) groups excluding carboxylic acids is 1. The number of nitrogens with zero attached hydrogens (tertiary/aromatic N) is 1. The molecular formula is C15H18N2O2. The highest BCUT2D eigenvalue weighted by molar-refractivity contribution is 5.98. The minimum absolute atomic E-state index is 0.341. The molecule has 2 N–H and O–H groups in total. The van der Waals surface area contributed by atoms with Crippen molar-refractivity contribution in [3.8, 4) is 11.1 Å². The fourth-order valence-corrected chi connectivity index (χ4v) is 2.10. The highest BCUT2D eigenvalue weighted by atomic mass is 16.5. The summed E-state index contributed by atoms with van der Waals surface area (Å²) in [6.45, 7) is 4.77. The van der Waals surface area contributed by atoms with Gasteiger partial charge >= 0.3 is 5.97 Å². The van der Waals surface area contributed by atoms with Crippen LogP contribution in [0.4, 0.5) is 5.69 Å². The summed E-state index contributed by atoms with van der Waals surface area (Å²) in [5.41, 5.74) is 8.90. The van der Waals surface area contributed by atoms with Gasteiger partial charge in [-0.3, -0.25) is 0 Å². The van der Waals surface area contributed by atoms with E-state index in [2.05, 4.69) is 0 Å². The van der Waals surface area contributed by atoms with Crippen LogP contribution in [-0.2, 0) is 11.3 Å². The van der Waals surface area contributed by atoms with Crippen molar-refractivity contribution < 1.29 is 9.53 Å². The summed E-state index contributed by atoms with van der Waals surface area (Å²) in [6, 6.07) is 9.79. The van der Waals surface area contributed by atoms with Crippen LogP contribution in [0.3, 0.4) is 0 Å². The molecule has 0 bridgehead atoms. The molecule has 100 valence electrons. The molecule has 0 aliphatic heterocycles. The minimum atomic E-state index is -0.371. The molecule has 1 aromatic heterocycles. The van der Waals surface area contributed by atoms with Crippen LogP contribution in [0.1, 0.15) is 24.3 Å². The molecule has 2 rings (SSSR count). The van der Waals surface area contributed by atoms with E-state index in [9.17, 15) is 4.79 Å². The van der Waals surface area contributed by atoms with Gasteiger partial charge in [0.05, 0.1) is 12.3 Å². The average Bonchev–Trinajstić information content (AvgIpc) is 2.77. The number of ether oxygens (including phenoxy) is 1. The van der Waals surface area contributed by atoms with Crippen LogP contribution in [-0.4, -0.2) is 17.1 Å². The third kappa shape index (κ3) is 2.47. The second-order valence-corrected chi connectivity index (χ2v) is 4.18. The lowest BCUT2D eigenvalue weighted by atomic mass is 10.1. The predicted octanol–water partition coefficient (Wildman–Crippen LogP) is 2.93. The van der Waals surface area contributed by atoms with E-state index < -0.39 is 0 Å². The van der Waals surface area contributed by atoms with Crippen LogP contribution in [0.25, 0.3) is 11.1 Å². The lowest BCUT2D eigenvalue weighted by Gasteiger charge is -2.06. The zero-order valence-electron chi connectivity index (χ0n) is 11.2. The number of hydrogen-bond acceptors (Lipinski definition) is 3. The molecule has 2 aromatic rings. The Hall–Kier alpha value is -2.23. The Bertz CT molecular complexity index is 573. The Morgan fingerprint density at radius 2 is 1.95 bits per heavy atom. The van der Waals surface area contributed by atoms with Gasteiger partial charge in [-0.05, 0) is 19.4 Å². The molecule has 1 aromatic carbocycles. The number of hydrogen-bond donors (Lipinski definition) is 1. The van der Waals surface area contributed by atoms with Gasteiger partial charge in [0, 0.05) is 18.3 Å². The maximum absolute atomic E-state index is 12.0. The van der Waals surface area contributed by atoms with Crippen LogP contribution in [0.2, 0.25) is 0 Å². The van der Waals surface area contributed by atoms with Gasteiger partial charge in [0.1, 0.15) is 0 Å². The first kappa shape index (κ1) is 13.2. The first-order valence-electron chi connectivity index (χ1n) is 6.40. The Kier molecular flexibility index (Phi) is 3.90. The fourth-order valence-electron chi connectivity index (χ4n) is 2.10. The average molecular weight is 258 g/mol. The number of esters is 1. The van der Waals surface area contributed by atoms with E-state index in [1.807, 2.05) is 48.0 Å². The lowest BCUT2D eigenvalue weighted by Crippen LogP contribution is -2.13. The Morgan fingerprint density at radius 3 is 2.53 bits per heavy atom. The van der Waals surface area contributed by atoms with Crippen LogP contribution < -0.4 is 5.73 Å². The predicted molar refractivity (Wildman–Crippen MR) is 75.9 cm³/mol. The van der Waals surface area contributed by atoms with Crippen molar-refractivity contribution in [2.24, 2.45) is 0 Å². The number of aryl methyl sites for hydroxylation is 1. The summed E-state index contributed by atoms with van der Waals surface area (Å²) in [6.07, 6.45) is 1.90. The summed E-state index contributed by atoms with van der Waals surface area (Å²) in [5, 5.41) is 0. The van der Waals surface area contributed by atoms with Gasteiger partial charge in [0.15, 0.2) is 5.69 Å². The van der Waals surface area contributed by atoms with Gasteiger partial charge in [-0.1, -0.05) is 30.3 Å². The molecular weight excluding hydrogens is 240 g/mol. The van der Waals surface area contributed by atoms with Gasteiger partial charge < -0.3 is 15.0 Å². The van der Waals surface area contributed by atoms with E-state index in [0.717, 1.165) is 11.1 Å². The molecule has 1 heterocycles. The normalized spacial score (nSPS) is 10.4. The van der Waals surface area contributed by atoms with Crippen LogP contribution in [0, 0.1) is 0 Å². The number of benzene rings is 1. The highest BCUT2D eigenvalue weighted by Crippen LogP contribution is 2.31. The van der Waals surface area contributed by atoms with E-state index in [1.165, 1.54) is 0 Å². The minimum Gasteiger partial charge on any atom is -0.461 e. The number of nitrogens with two attached hydrogens (primary N) is 1. The zero-order valence-corrected chi connectivity index (χ0v) is 11.2. The third-order valence-corrected chi connectivity index (χ3v) is 3.01. The lowest BCUT2D eigenvalue weighted by molar-refractivity contribution is 0.0515. The summed E-state index contributed by atoms with van der Waals surface area (Å²) in [7, 11) is 0. The molecule has 0 unspecified atom stereocenters. The van der Waals surface area contributed by atoms with E-state index >= 15 is 0 Å². The number of carbonyl (C=O) groups is 1. The molecule has 0 aliphatic rings. The maximum atomic E-state index is 12.0. The van der Waals surface area contributed by atoms with E-state index in [0.29, 0.717) is 24.5 Å². The SMILES string of the molecule is CCOC(=O)c1c(N)c(-c2ccccc2)cn1CC. The quantitative estimate of drug-likeness (QED) is 0.858. The molecule has 0 saturated heterocycles. The first-order valence-corrected chi connectivity index (χ1v) is 6.40. The molecule has 19 heavy (non-hydrogen) atoms. The molecule has 0 aliphatic carbocycles. The van der Waals surface area contributed by atoms with Crippen molar-refractivity contribution >= 4 is 11.7 Å². The van der Waals surface area contributed by atoms with Gasteiger partial charge in [0.2, 0.25) is 0 Å². The zero-order chi connectivity index (χ0) is 13.8. The van der Waals surface area contributed by atoms with Crippen LogP contribution >= 0.6 is 0 Å². The fraction of sp³-hybridized carbons (Fsp3) is 0.267. The van der Waals surface area contributed by atoms with E-state index in [-0.39, 0.29) is 5.97 Å². The van der Waals surface area contributed by atoms with E-state index in [1.54, 1.807) is 6.92 Å². The largest absolute Gasteiger partial charge is 0.461 e. The monoisotopic (exact) mass is 258 g/mol. The molecule has 0 saturated carbocycles. The van der Waals surface area contributed by atoms with Crippen molar-refractivity contribution in [2.45, 2.75) is 20.4 Å². The number of nitrogen functional groups attached to an aromatic ring is 1. The molecule has 4 heteroatoms. The summed E-state index contributed by atoms with van der Waals surface area (Å²) >= 11 is 0. The Labute approximate surface area is 112 Å². The Morgan fingerprint density at radius 1 is 1.26 bits per heavy atom. The summed E-state index contributed by atoms with van der Waals surface area (Å²) in [5.74, 6) is -0.371. The molecule has 4 nitrogen and oxygen atoms in total. The standard InChI is InChI=1S/C15H18N2O2/c1-3-17-10-12(11-8-6-5-7-9-11)13(16)14(17)15(18)19-4-2/h5-10H,3-4,16H2,1-2H3. The topological polar surface area (TPSA) is 57.2 Å². The Balaban J connectivity index is 2.51. The number of anilines is 1. The molecule has 0 spiro atoms. The van der Waals surface area contributed by atoms with E-state index in [4.69, 9.17) is 10.5 Å². The highest BCUT2D eigenvalue weighted by Gasteiger charge is 2.20. The van der Waals surface area contributed by atoms with Crippen LogP contribution in [0.5, 0.6) is 0 Å². The molecule has 0 atom stereocenters. The van der Waals surface area contributed by atoms with Crippen molar-refractivity contribution in [3.63, 3.8) is 0 Å².